The molecule has 9 heteroatoms. The molecule has 0 heterocycles. The van der Waals surface area contributed by atoms with Gasteiger partial charge in [-0.25, -0.2) is 4.79 Å². The zero-order valence-electron chi connectivity index (χ0n) is 7.62. The van der Waals surface area contributed by atoms with Gasteiger partial charge >= 0.3 is 18.3 Å². The Hall–Kier alpha value is -1.28. The second-order valence-corrected chi connectivity index (χ2v) is 2.22. The van der Waals surface area contributed by atoms with Crippen LogP contribution in [0.3, 0.4) is 0 Å². The van der Waals surface area contributed by atoms with Gasteiger partial charge < -0.3 is 4.74 Å². The van der Waals surface area contributed by atoms with Crippen LogP contribution in [-0.2, 0) is 9.53 Å². The van der Waals surface area contributed by atoms with Crippen LogP contribution in [0.25, 0.3) is 0 Å². The van der Waals surface area contributed by atoms with Gasteiger partial charge in [0.2, 0.25) is 5.83 Å². The van der Waals surface area contributed by atoms with Gasteiger partial charge in [0.15, 0.2) is 0 Å². The SMILES string of the molecule is [2H]C=C(F)C(=O)OC(C(F)(F)F)C(F)(F)F. The number of carbonyl (C=O) groups is 1. The Balaban J connectivity index is 4.92. The maximum Gasteiger partial charge on any atom is 0.434 e. The summed E-state index contributed by atoms with van der Waals surface area (Å²) in [7, 11) is 0. The first-order valence-corrected chi connectivity index (χ1v) is 3.08. The average molecular weight is 241 g/mol. The highest BCUT2D eigenvalue weighted by atomic mass is 19.4. The van der Waals surface area contributed by atoms with Gasteiger partial charge in [0.05, 0.1) is 1.37 Å². The summed E-state index contributed by atoms with van der Waals surface area (Å²) in [5, 5.41) is 0. The Morgan fingerprint density at radius 3 is 1.87 bits per heavy atom. The molecule has 0 atom stereocenters. The van der Waals surface area contributed by atoms with Crippen LogP contribution in [0.1, 0.15) is 1.37 Å². The van der Waals surface area contributed by atoms with E-state index >= 15 is 0 Å². The molecule has 0 aliphatic rings. The molecule has 0 N–H and O–H groups in total. The first-order valence-electron chi connectivity index (χ1n) is 3.66. The van der Waals surface area contributed by atoms with Crippen molar-refractivity contribution in [2.24, 2.45) is 0 Å². The molecule has 0 bridgehead atoms. The van der Waals surface area contributed by atoms with Gasteiger partial charge in [-0.15, -0.1) is 0 Å². The van der Waals surface area contributed by atoms with Crippen molar-refractivity contribution in [3.8, 4) is 0 Å². The van der Waals surface area contributed by atoms with Crippen molar-refractivity contribution in [2.45, 2.75) is 18.5 Å². The highest BCUT2D eigenvalue weighted by molar-refractivity contribution is 5.85. The van der Waals surface area contributed by atoms with Crippen LogP contribution < -0.4 is 0 Å². The largest absolute Gasteiger partial charge is 0.437 e. The van der Waals surface area contributed by atoms with Crippen molar-refractivity contribution in [1.29, 1.82) is 0 Å². The highest BCUT2D eigenvalue weighted by Gasteiger charge is 2.60. The van der Waals surface area contributed by atoms with E-state index in [1.54, 1.807) is 0 Å². The van der Waals surface area contributed by atoms with Crippen LogP contribution in [0, 0.1) is 0 Å². The van der Waals surface area contributed by atoms with E-state index < -0.39 is 30.3 Å². The summed E-state index contributed by atoms with van der Waals surface area (Å²) in [5.74, 6) is -4.67. The summed E-state index contributed by atoms with van der Waals surface area (Å²) < 4.78 is 91.6. The lowest BCUT2D eigenvalue weighted by molar-refractivity contribution is -0.312. The summed E-state index contributed by atoms with van der Waals surface area (Å²) >= 11 is 0. The van der Waals surface area contributed by atoms with Crippen molar-refractivity contribution in [2.75, 3.05) is 0 Å². The number of rotatable bonds is 2. The Bertz CT molecular complexity index is 278. The van der Waals surface area contributed by atoms with Crippen LogP contribution in [-0.4, -0.2) is 24.4 Å². The summed E-state index contributed by atoms with van der Waals surface area (Å²) in [6, 6.07) is 0. The van der Waals surface area contributed by atoms with Crippen molar-refractivity contribution >= 4 is 5.97 Å². The van der Waals surface area contributed by atoms with Gasteiger partial charge in [-0.1, -0.05) is 6.55 Å². The molecule has 0 saturated carbocycles. The summed E-state index contributed by atoms with van der Waals surface area (Å²) in [5.41, 5.74) is 0. The van der Waals surface area contributed by atoms with Crippen LogP contribution in [0.5, 0.6) is 0 Å². The van der Waals surface area contributed by atoms with E-state index in [1.807, 2.05) is 0 Å². The predicted octanol–water partition coefficient (Wildman–Crippen LogP) is 2.51. The minimum Gasteiger partial charge on any atom is -0.437 e. The molecule has 0 fully saturated rings. The maximum atomic E-state index is 12.1. The monoisotopic (exact) mass is 241 g/mol. The smallest absolute Gasteiger partial charge is 0.434 e. The molecule has 0 aliphatic heterocycles. The molecule has 0 aliphatic carbocycles. The normalized spacial score (nSPS) is 15.2. The number of halogens is 7. The fraction of sp³-hybridized carbons (Fsp3) is 0.500. The number of hydrogen-bond acceptors (Lipinski definition) is 2. The predicted molar refractivity (Wildman–Crippen MR) is 32.2 cm³/mol. The van der Waals surface area contributed by atoms with E-state index in [0.717, 1.165) is 0 Å². The second-order valence-electron chi connectivity index (χ2n) is 2.22. The fourth-order valence-electron chi connectivity index (χ4n) is 0.483. The molecule has 15 heavy (non-hydrogen) atoms. The van der Waals surface area contributed by atoms with E-state index in [2.05, 4.69) is 4.74 Å². The summed E-state index contributed by atoms with van der Waals surface area (Å²) in [6.07, 6.45) is -16.2. The van der Waals surface area contributed by atoms with E-state index in [1.165, 1.54) is 0 Å². The second kappa shape index (κ2) is 4.07. The number of esters is 1. The third-order valence-electron chi connectivity index (χ3n) is 1.01. The number of ether oxygens (including phenoxy) is 1. The van der Waals surface area contributed by atoms with Gasteiger partial charge in [0.1, 0.15) is 0 Å². The van der Waals surface area contributed by atoms with Gasteiger partial charge in [-0.2, -0.15) is 30.7 Å². The van der Waals surface area contributed by atoms with Crippen molar-refractivity contribution in [1.82, 2.24) is 0 Å². The van der Waals surface area contributed by atoms with Crippen molar-refractivity contribution < 1.29 is 41.6 Å². The number of carbonyl (C=O) groups excluding carboxylic acids is 1. The Morgan fingerprint density at radius 1 is 1.20 bits per heavy atom. The lowest BCUT2D eigenvalue weighted by Gasteiger charge is -2.22. The molecular formula is C6H3F7O2. The lowest BCUT2D eigenvalue weighted by atomic mass is 10.3. The van der Waals surface area contributed by atoms with E-state index in [9.17, 15) is 35.5 Å². The summed E-state index contributed by atoms with van der Waals surface area (Å²) in [4.78, 5) is 10.3. The molecule has 88 valence electrons. The first-order chi connectivity index (χ1) is 7.00. The minimum atomic E-state index is -5.91. The molecule has 0 unspecified atom stereocenters. The molecule has 2 nitrogen and oxygen atoms in total. The fourth-order valence-corrected chi connectivity index (χ4v) is 0.483. The molecule has 0 amide bonds. The standard InChI is InChI=1S/C6H3F7O2/c1-2(7)3(14)15-4(5(8,9)10)6(11,12)13/h4H,1H2/i1D. The van der Waals surface area contributed by atoms with Crippen molar-refractivity contribution in [3.05, 3.63) is 12.4 Å². The number of hydrogen-bond donors (Lipinski definition) is 0. The first kappa shape index (κ1) is 11.8. The molecule has 0 saturated heterocycles. The minimum absolute atomic E-state index is 0.369. The summed E-state index contributed by atoms with van der Waals surface area (Å²) in [6.45, 7) is -0.369. The molecule has 0 rings (SSSR count). The van der Waals surface area contributed by atoms with Crippen LogP contribution in [0.4, 0.5) is 30.7 Å². The molecule has 0 aromatic rings. The topological polar surface area (TPSA) is 26.3 Å². The molecule has 0 aromatic carbocycles. The molecule has 0 spiro atoms. The van der Waals surface area contributed by atoms with Crippen LogP contribution >= 0.6 is 0 Å². The van der Waals surface area contributed by atoms with E-state index in [4.69, 9.17) is 1.37 Å². The number of alkyl halides is 6. The molecular weight excluding hydrogens is 237 g/mol. The van der Waals surface area contributed by atoms with E-state index in [0.29, 0.717) is 0 Å². The third-order valence-corrected chi connectivity index (χ3v) is 1.01. The molecule has 0 aromatic heterocycles. The quantitative estimate of drug-likeness (QED) is 0.421. The van der Waals surface area contributed by atoms with Crippen molar-refractivity contribution in [3.63, 3.8) is 0 Å². The highest BCUT2D eigenvalue weighted by Crippen LogP contribution is 2.35. The Kier molecular flexibility index (Phi) is 3.20. The molecule has 0 radical (unpaired) electrons. The van der Waals surface area contributed by atoms with Gasteiger partial charge in [0.25, 0.3) is 6.10 Å². The van der Waals surface area contributed by atoms with Gasteiger partial charge in [-0.05, 0) is 0 Å². The van der Waals surface area contributed by atoms with Gasteiger partial charge in [-0.3, -0.25) is 0 Å². The van der Waals surface area contributed by atoms with Crippen LogP contribution in [0.2, 0.25) is 0 Å². The lowest BCUT2D eigenvalue weighted by Crippen LogP contribution is -2.45. The van der Waals surface area contributed by atoms with E-state index in [-0.39, 0.29) is 6.55 Å². The Labute approximate surface area is 79.7 Å². The average Bonchev–Trinajstić information content (AvgIpc) is 2.08. The van der Waals surface area contributed by atoms with Gasteiger partial charge in [0, 0.05) is 0 Å². The zero-order chi connectivity index (χ0) is 13.1. The maximum absolute atomic E-state index is 12.1. The van der Waals surface area contributed by atoms with Crippen LogP contribution in [0.15, 0.2) is 12.4 Å². The zero-order valence-corrected chi connectivity index (χ0v) is 6.62. The third kappa shape index (κ3) is 4.17. The Morgan fingerprint density at radius 2 is 1.60 bits per heavy atom.